The van der Waals surface area contributed by atoms with E-state index in [9.17, 15) is 19.7 Å². The van der Waals surface area contributed by atoms with Gasteiger partial charge in [-0.15, -0.1) is 11.8 Å². The number of carboxylic acids is 1. The van der Waals surface area contributed by atoms with Crippen LogP contribution in [0.5, 0.6) is 0 Å². The minimum absolute atomic E-state index is 0.171. The van der Waals surface area contributed by atoms with Crippen LogP contribution in [0, 0.1) is 10.1 Å². The molecule has 10 heteroatoms. The third-order valence-corrected chi connectivity index (χ3v) is 3.74. The van der Waals surface area contributed by atoms with E-state index in [0.717, 1.165) is 11.8 Å². The van der Waals surface area contributed by atoms with Gasteiger partial charge in [0.25, 0.3) is 5.69 Å². The zero-order valence-corrected chi connectivity index (χ0v) is 13.0. The summed E-state index contributed by atoms with van der Waals surface area (Å²) in [4.78, 5) is 33.2. The molecule has 0 fully saturated rings. The van der Waals surface area contributed by atoms with Crippen LogP contribution >= 0.6 is 23.4 Å². The van der Waals surface area contributed by atoms with Crippen molar-refractivity contribution in [3.8, 4) is 0 Å². The van der Waals surface area contributed by atoms with Gasteiger partial charge in [0.15, 0.2) is 6.04 Å². The molecule has 1 aromatic rings. The van der Waals surface area contributed by atoms with Crippen LogP contribution in [0.2, 0.25) is 5.02 Å². The van der Waals surface area contributed by atoms with E-state index in [4.69, 9.17) is 16.7 Å². The fraction of sp³-hybridized carbons (Fsp3) is 0.333. The highest BCUT2D eigenvalue weighted by atomic mass is 35.5. The van der Waals surface area contributed by atoms with Gasteiger partial charge in [0.1, 0.15) is 0 Å². The minimum Gasteiger partial charge on any atom is -0.480 e. The Bertz CT molecular complexity index is 583. The summed E-state index contributed by atoms with van der Waals surface area (Å²) in [6.07, 6.45) is 0. The number of nitrogens with zero attached hydrogens (tertiary/aromatic N) is 1. The van der Waals surface area contributed by atoms with Crippen molar-refractivity contribution in [2.75, 3.05) is 19.5 Å². The smallest absolute Gasteiger partial charge is 0.328 e. The number of nitro groups is 1. The van der Waals surface area contributed by atoms with Gasteiger partial charge in [-0.05, 0) is 12.1 Å². The quantitative estimate of drug-likeness (QED) is 0.415. The minimum atomic E-state index is -1.22. The summed E-state index contributed by atoms with van der Waals surface area (Å²) in [5.41, 5.74) is -0.211. The lowest BCUT2D eigenvalue weighted by Crippen LogP contribution is -2.44. The van der Waals surface area contributed by atoms with Crippen LogP contribution in [0.3, 0.4) is 0 Å². The number of halogens is 1. The Morgan fingerprint density at radius 1 is 1.55 bits per heavy atom. The first kappa shape index (κ1) is 18.2. The zero-order valence-electron chi connectivity index (χ0n) is 11.4. The molecular weight excluding hydrogens is 336 g/mol. The highest BCUT2D eigenvalue weighted by Crippen LogP contribution is 2.31. The molecule has 120 valence electrons. The first-order valence-corrected chi connectivity index (χ1v) is 7.29. The Morgan fingerprint density at radius 2 is 2.23 bits per heavy atom. The Kier molecular flexibility index (Phi) is 7.09. The standard InChI is InChI=1S/C12H13ClN2O6S/c1-21-5-8(12(17)18)14-11(16)6-22-10-3-2-7(13)4-9(10)15(19)20/h2-4,8H,5-6H2,1H3,(H,14,16)(H,17,18). The molecule has 1 aromatic carbocycles. The van der Waals surface area contributed by atoms with Gasteiger partial charge in [-0.3, -0.25) is 14.9 Å². The molecule has 1 amide bonds. The summed E-state index contributed by atoms with van der Waals surface area (Å²) < 4.78 is 4.69. The molecule has 1 atom stereocenters. The molecule has 0 saturated heterocycles. The van der Waals surface area contributed by atoms with Gasteiger partial charge < -0.3 is 15.2 Å². The number of nitro benzene ring substituents is 1. The maximum absolute atomic E-state index is 11.7. The van der Waals surface area contributed by atoms with E-state index in [1.54, 1.807) is 0 Å². The molecule has 0 bridgehead atoms. The molecule has 0 aromatic heterocycles. The third kappa shape index (κ3) is 5.51. The zero-order chi connectivity index (χ0) is 16.7. The van der Waals surface area contributed by atoms with Crippen LogP contribution in [0.4, 0.5) is 5.69 Å². The Morgan fingerprint density at radius 3 is 2.77 bits per heavy atom. The van der Waals surface area contributed by atoms with Crippen molar-refractivity contribution in [1.82, 2.24) is 5.32 Å². The number of thioether (sulfide) groups is 1. The first-order chi connectivity index (χ1) is 10.3. The van der Waals surface area contributed by atoms with Gasteiger partial charge >= 0.3 is 5.97 Å². The van der Waals surface area contributed by atoms with Crippen LogP contribution in [0.25, 0.3) is 0 Å². The lowest BCUT2D eigenvalue weighted by atomic mass is 10.3. The topological polar surface area (TPSA) is 119 Å². The normalized spacial score (nSPS) is 11.7. The van der Waals surface area contributed by atoms with Crippen LogP contribution in [0.15, 0.2) is 23.1 Å². The number of carbonyl (C=O) groups is 2. The van der Waals surface area contributed by atoms with Crippen molar-refractivity contribution in [2.45, 2.75) is 10.9 Å². The second-order valence-electron chi connectivity index (χ2n) is 4.07. The molecule has 1 unspecified atom stereocenters. The van der Waals surface area contributed by atoms with Crippen molar-refractivity contribution >= 4 is 40.9 Å². The van der Waals surface area contributed by atoms with Crippen molar-refractivity contribution in [3.05, 3.63) is 33.3 Å². The molecule has 2 N–H and O–H groups in total. The molecule has 22 heavy (non-hydrogen) atoms. The number of benzene rings is 1. The van der Waals surface area contributed by atoms with E-state index in [0.29, 0.717) is 0 Å². The third-order valence-electron chi connectivity index (χ3n) is 2.44. The van der Waals surface area contributed by atoms with Crippen molar-refractivity contribution in [1.29, 1.82) is 0 Å². The van der Waals surface area contributed by atoms with Gasteiger partial charge in [-0.1, -0.05) is 11.6 Å². The van der Waals surface area contributed by atoms with Crippen LogP contribution in [-0.4, -0.2) is 47.4 Å². The number of ether oxygens (including phenoxy) is 1. The van der Waals surface area contributed by atoms with E-state index < -0.39 is 22.8 Å². The highest BCUT2D eigenvalue weighted by molar-refractivity contribution is 8.00. The monoisotopic (exact) mass is 348 g/mol. The molecule has 0 aliphatic rings. The molecule has 1 rings (SSSR count). The van der Waals surface area contributed by atoms with E-state index >= 15 is 0 Å². The Balaban J connectivity index is 2.68. The summed E-state index contributed by atoms with van der Waals surface area (Å²) in [5, 5.41) is 22.3. The Labute approximate surface area is 134 Å². The van der Waals surface area contributed by atoms with Crippen LogP contribution in [-0.2, 0) is 14.3 Å². The number of amides is 1. The molecule has 0 spiro atoms. The maximum Gasteiger partial charge on any atom is 0.328 e. The molecule has 0 aliphatic carbocycles. The van der Waals surface area contributed by atoms with Gasteiger partial charge in [0.2, 0.25) is 5.91 Å². The van der Waals surface area contributed by atoms with E-state index in [2.05, 4.69) is 10.1 Å². The maximum atomic E-state index is 11.7. The predicted octanol–water partition coefficient (Wildman–Crippen LogP) is 1.56. The first-order valence-electron chi connectivity index (χ1n) is 5.93. The second-order valence-corrected chi connectivity index (χ2v) is 5.53. The fourth-order valence-electron chi connectivity index (χ4n) is 1.48. The Hall–Kier alpha value is -1.84. The SMILES string of the molecule is COCC(NC(=O)CSc1ccc(Cl)cc1[N+](=O)[O-])C(=O)O. The number of rotatable bonds is 8. The number of hydrogen-bond acceptors (Lipinski definition) is 6. The lowest BCUT2D eigenvalue weighted by molar-refractivity contribution is -0.387. The van der Waals surface area contributed by atoms with E-state index in [1.165, 1.54) is 25.3 Å². The van der Waals surface area contributed by atoms with Crippen molar-refractivity contribution < 1.29 is 24.4 Å². The molecular formula is C12H13ClN2O6S. The lowest BCUT2D eigenvalue weighted by Gasteiger charge is -2.13. The van der Waals surface area contributed by atoms with Crippen molar-refractivity contribution in [2.24, 2.45) is 0 Å². The van der Waals surface area contributed by atoms with E-state index in [-0.39, 0.29) is 28.0 Å². The van der Waals surface area contributed by atoms with Crippen LogP contribution < -0.4 is 5.32 Å². The van der Waals surface area contributed by atoms with Gasteiger partial charge in [0.05, 0.1) is 22.2 Å². The number of methoxy groups -OCH3 is 1. The van der Waals surface area contributed by atoms with Crippen LogP contribution in [0.1, 0.15) is 0 Å². The van der Waals surface area contributed by atoms with Gasteiger partial charge in [-0.2, -0.15) is 0 Å². The highest BCUT2D eigenvalue weighted by Gasteiger charge is 2.21. The average molecular weight is 349 g/mol. The number of carbonyl (C=O) groups excluding carboxylic acids is 1. The number of aliphatic carboxylic acids is 1. The van der Waals surface area contributed by atoms with Gasteiger partial charge in [0, 0.05) is 18.2 Å². The van der Waals surface area contributed by atoms with E-state index in [1.807, 2.05) is 0 Å². The summed E-state index contributed by atoms with van der Waals surface area (Å²) >= 11 is 6.61. The average Bonchev–Trinajstić information content (AvgIpc) is 2.45. The predicted molar refractivity (Wildman–Crippen MR) is 80.3 cm³/mol. The number of nitrogens with one attached hydrogen (secondary N) is 1. The van der Waals surface area contributed by atoms with Gasteiger partial charge in [-0.25, -0.2) is 4.79 Å². The summed E-state index contributed by atoms with van der Waals surface area (Å²) in [6, 6.07) is 2.92. The summed E-state index contributed by atoms with van der Waals surface area (Å²) in [7, 11) is 1.31. The molecule has 0 heterocycles. The largest absolute Gasteiger partial charge is 0.480 e. The summed E-state index contributed by atoms with van der Waals surface area (Å²) in [6.45, 7) is -0.174. The number of hydrogen-bond donors (Lipinski definition) is 2. The second kappa shape index (κ2) is 8.57. The fourth-order valence-corrected chi connectivity index (χ4v) is 2.46. The summed E-state index contributed by atoms with van der Waals surface area (Å²) in [5.74, 6) is -1.97. The molecule has 8 nitrogen and oxygen atoms in total. The molecule has 0 radical (unpaired) electrons. The van der Waals surface area contributed by atoms with Crippen molar-refractivity contribution in [3.63, 3.8) is 0 Å². The number of carboxylic acid groups (broad SMARTS) is 1. The molecule has 0 saturated carbocycles. The molecule has 0 aliphatic heterocycles.